The van der Waals surface area contributed by atoms with Gasteiger partial charge in [0.2, 0.25) is 0 Å². The zero-order chi connectivity index (χ0) is 15.1. The zero-order valence-corrected chi connectivity index (χ0v) is 14.1. The highest BCUT2D eigenvalue weighted by molar-refractivity contribution is 5.22. The zero-order valence-electron chi connectivity index (χ0n) is 14.1. The van der Waals surface area contributed by atoms with E-state index in [-0.39, 0.29) is 0 Å². The standard InChI is InChI=1S/C19H32N2/c1-4-12-20-19(18-10-5-6-11-18)15-21(3)14-17-9-7-8-16(2)13-17/h7-9,13,18-20H,4-6,10-12,14-15H2,1-3H3. The van der Waals surface area contributed by atoms with E-state index in [9.17, 15) is 0 Å². The summed E-state index contributed by atoms with van der Waals surface area (Å²) in [5.74, 6) is 0.886. The fraction of sp³-hybridized carbons (Fsp3) is 0.684. The number of rotatable bonds is 8. The molecule has 2 nitrogen and oxygen atoms in total. The van der Waals surface area contributed by atoms with Gasteiger partial charge in [-0.25, -0.2) is 0 Å². The molecule has 1 atom stereocenters. The smallest absolute Gasteiger partial charge is 0.0231 e. The molecule has 1 aromatic rings. The third kappa shape index (κ3) is 5.44. The van der Waals surface area contributed by atoms with E-state index >= 15 is 0 Å². The van der Waals surface area contributed by atoms with Crippen LogP contribution in [0.15, 0.2) is 24.3 Å². The molecule has 0 radical (unpaired) electrons. The Morgan fingerprint density at radius 1 is 1.29 bits per heavy atom. The van der Waals surface area contributed by atoms with Crippen molar-refractivity contribution in [2.75, 3.05) is 20.1 Å². The van der Waals surface area contributed by atoms with E-state index in [1.807, 2.05) is 0 Å². The van der Waals surface area contributed by atoms with Crippen molar-refractivity contribution in [3.63, 3.8) is 0 Å². The molecule has 1 aromatic carbocycles. The summed E-state index contributed by atoms with van der Waals surface area (Å²) in [6, 6.07) is 9.56. The molecule has 0 saturated heterocycles. The van der Waals surface area contributed by atoms with Crippen LogP contribution >= 0.6 is 0 Å². The Kier molecular flexibility index (Phi) is 6.72. The topological polar surface area (TPSA) is 15.3 Å². The molecule has 1 aliphatic rings. The number of benzene rings is 1. The molecule has 0 bridgehead atoms. The molecule has 2 rings (SSSR count). The second kappa shape index (κ2) is 8.55. The van der Waals surface area contributed by atoms with Gasteiger partial charge in [0.1, 0.15) is 0 Å². The van der Waals surface area contributed by atoms with Crippen LogP contribution in [0.2, 0.25) is 0 Å². The van der Waals surface area contributed by atoms with Gasteiger partial charge < -0.3 is 10.2 Å². The van der Waals surface area contributed by atoms with Crippen molar-refractivity contribution in [2.24, 2.45) is 5.92 Å². The molecule has 2 heteroatoms. The molecular weight excluding hydrogens is 256 g/mol. The molecule has 0 heterocycles. The Balaban J connectivity index is 1.88. The van der Waals surface area contributed by atoms with Crippen LogP contribution < -0.4 is 5.32 Å². The molecule has 1 saturated carbocycles. The maximum atomic E-state index is 3.80. The highest BCUT2D eigenvalue weighted by atomic mass is 15.1. The minimum Gasteiger partial charge on any atom is -0.312 e. The van der Waals surface area contributed by atoms with Gasteiger partial charge in [0.25, 0.3) is 0 Å². The number of aryl methyl sites for hydroxylation is 1. The predicted octanol–water partition coefficient (Wildman–Crippen LogP) is 3.99. The van der Waals surface area contributed by atoms with Crippen LogP contribution in [0, 0.1) is 12.8 Å². The number of nitrogens with zero attached hydrogens (tertiary/aromatic N) is 1. The number of hydrogen-bond acceptors (Lipinski definition) is 2. The lowest BCUT2D eigenvalue weighted by molar-refractivity contribution is 0.235. The van der Waals surface area contributed by atoms with Gasteiger partial charge in [0, 0.05) is 19.1 Å². The highest BCUT2D eigenvalue weighted by Gasteiger charge is 2.25. The molecule has 0 aliphatic heterocycles. The first-order valence-electron chi connectivity index (χ1n) is 8.66. The van der Waals surface area contributed by atoms with Crippen LogP contribution in [0.5, 0.6) is 0 Å². The average Bonchev–Trinajstić information content (AvgIpc) is 2.97. The summed E-state index contributed by atoms with van der Waals surface area (Å²) in [6.45, 7) is 7.81. The minimum absolute atomic E-state index is 0.669. The first-order chi connectivity index (χ1) is 10.2. The molecule has 0 aromatic heterocycles. The summed E-state index contributed by atoms with van der Waals surface area (Å²) >= 11 is 0. The summed E-state index contributed by atoms with van der Waals surface area (Å²) in [4.78, 5) is 2.49. The van der Waals surface area contributed by atoms with Gasteiger partial charge in [-0.1, -0.05) is 49.6 Å². The van der Waals surface area contributed by atoms with Crippen LogP contribution in [-0.4, -0.2) is 31.1 Å². The van der Waals surface area contributed by atoms with Crippen LogP contribution in [0.3, 0.4) is 0 Å². The SMILES string of the molecule is CCCNC(CN(C)Cc1cccc(C)c1)C1CCCC1. The predicted molar refractivity (Wildman–Crippen MR) is 91.6 cm³/mol. The lowest BCUT2D eigenvalue weighted by Crippen LogP contribution is -2.44. The summed E-state index contributed by atoms with van der Waals surface area (Å²) in [7, 11) is 2.26. The van der Waals surface area contributed by atoms with Crippen LogP contribution in [0.4, 0.5) is 0 Å². The molecule has 1 aliphatic carbocycles. The molecule has 0 amide bonds. The third-order valence-electron chi connectivity index (χ3n) is 4.67. The number of likely N-dealkylation sites (N-methyl/N-ethyl adjacent to an activating group) is 1. The van der Waals surface area contributed by atoms with Gasteiger partial charge in [0.15, 0.2) is 0 Å². The molecule has 1 N–H and O–H groups in total. The van der Waals surface area contributed by atoms with Crippen molar-refractivity contribution in [3.8, 4) is 0 Å². The Bertz CT molecular complexity index is 410. The largest absolute Gasteiger partial charge is 0.312 e. The van der Waals surface area contributed by atoms with Gasteiger partial charge in [-0.2, -0.15) is 0 Å². The Labute approximate surface area is 130 Å². The van der Waals surface area contributed by atoms with E-state index in [0.29, 0.717) is 6.04 Å². The van der Waals surface area contributed by atoms with E-state index in [2.05, 4.69) is 55.4 Å². The molecule has 0 spiro atoms. The lowest BCUT2D eigenvalue weighted by Gasteiger charge is -2.29. The van der Waals surface area contributed by atoms with E-state index in [1.165, 1.54) is 49.8 Å². The van der Waals surface area contributed by atoms with Crippen molar-refractivity contribution >= 4 is 0 Å². The molecule has 1 unspecified atom stereocenters. The van der Waals surface area contributed by atoms with Crippen molar-refractivity contribution in [1.29, 1.82) is 0 Å². The van der Waals surface area contributed by atoms with Crippen molar-refractivity contribution in [3.05, 3.63) is 35.4 Å². The first kappa shape index (κ1) is 16.5. The van der Waals surface area contributed by atoms with Gasteiger partial charge in [-0.05, 0) is 51.3 Å². The van der Waals surface area contributed by atoms with Crippen molar-refractivity contribution < 1.29 is 0 Å². The minimum atomic E-state index is 0.669. The number of nitrogens with one attached hydrogen (secondary N) is 1. The average molecular weight is 288 g/mol. The monoisotopic (exact) mass is 288 g/mol. The maximum Gasteiger partial charge on any atom is 0.0231 e. The second-order valence-corrected chi connectivity index (χ2v) is 6.79. The Morgan fingerprint density at radius 2 is 2.05 bits per heavy atom. The molecule has 21 heavy (non-hydrogen) atoms. The third-order valence-corrected chi connectivity index (χ3v) is 4.67. The summed E-state index contributed by atoms with van der Waals surface area (Å²) in [5, 5.41) is 3.80. The fourth-order valence-electron chi connectivity index (χ4n) is 3.59. The van der Waals surface area contributed by atoms with Gasteiger partial charge >= 0.3 is 0 Å². The van der Waals surface area contributed by atoms with Crippen LogP contribution in [-0.2, 0) is 6.54 Å². The first-order valence-corrected chi connectivity index (χ1v) is 8.66. The summed E-state index contributed by atoms with van der Waals surface area (Å²) < 4.78 is 0. The van der Waals surface area contributed by atoms with Gasteiger partial charge in [-0.15, -0.1) is 0 Å². The normalized spacial score (nSPS) is 17.5. The molecular formula is C19H32N2. The van der Waals surface area contributed by atoms with Crippen LogP contribution in [0.25, 0.3) is 0 Å². The fourth-order valence-corrected chi connectivity index (χ4v) is 3.59. The molecule has 118 valence electrons. The maximum absolute atomic E-state index is 3.80. The Morgan fingerprint density at radius 3 is 2.71 bits per heavy atom. The van der Waals surface area contributed by atoms with E-state index in [4.69, 9.17) is 0 Å². The van der Waals surface area contributed by atoms with E-state index in [0.717, 1.165) is 19.0 Å². The van der Waals surface area contributed by atoms with Crippen molar-refractivity contribution in [1.82, 2.24) is 10.2 Å². The summed E-state index contributed by atoms with van der Waals surface area (Å²) in [6.07, 6.45) is 6.91. The molecule has 1 fully saturated rings. The van der Waals surface area contributed by atoms with Gasteiger partial charge in [0.05, 0.1) is 0 Å². The van der Waals surface area contributed by atoms with E-state index < -0.39 is 0 Å². The summed E-state index contributed by atoms with van der Waals surface area (Å²) in [5.41, 5.74) is 2.79. The van der Waals surface area contributed by atoms with E-state index in [1.54, 1.807) is 0 Å². The number of hydrogen-bond donors (Lipinski definition) is 1. The highest BCUT2D eigenvalue weighted by Crippen LogP contribution is 2.28. The Hall–Kier alpha value is -0.860. The second-order valence-electron chi connectivity index (χ2n) is 6.79. The van der Waals surface area contributed by atoms with Crippen molar-refractivity contribution in [2.45, 2.75) is 58.5 Å². The lowest BCUT2D eigenvalue weighted by atomic mass is 9.97. The van der Waals surface area contributed by atoms with Crippen LogP contribution in [0.1, 0.15) is 50.2 Å². The van der Waals surface area contributed by atoms with Gasteiger partial charge in [-0.3, -0.25) is 0 Å². The quantitative estimate of drug-likeness (QED) is 0.778.